The SMILES string of the molecule is CN1CCC(CNCC2CCC(N)CC2)CC1. The van der Waals surface area contributed by atoms with Crippen LogP contribution in [0.15, 0.2) is 0 Å². The monoisotopic (exact) mass is 239 g/mol. The lowest BCUT2D eigenvalue weighted by molar-refractivity contribution is 0.212. The van der Waals surface area contributed by atoms with Gasteiger partial charge in [-0.2, -0.15) is 0 Å². The fraction of sp³-hybridized carbons (Fsp3) is 1.00. The molecular formula is C14H29N3. The van der Waals surface area contributed by atoms with Gasteiger partial charge in [0.1, 0.15) is 0 Å². The molecule has 2 aliphatic rings. The van der Waals surface area contributed by atoms with Gasteiger partial charge in [0.2, 0.25) is 0 Å². The molecular weight excluding hydrogens is 210 g/mol. The van der Waals surface area contributed by atoms with Gasteiger partial charge in [-0.3, -0.25) is 0 Å². The molecule has 1 saturated carbocycles. The normalized spacial score (nSPS) is 32.8. The zero-order valence-electron chi connectivity index (χ0n) is 11.3. The number of hydrogen-bond acceptors (Lipinski definition) is 3. The minimum atomic E-state index is 0.486. The number of nitrogens with two attached hydrogens (primary N) is 1. The van der Waals surface area contributed by atoms with Crippen molar-refractivity contribution in [3.63, 3.8) is 0 Å². The van der Waals surface area contributed by atoms with E-state index in [0.29, 0.717) is 6.04 Å². The minimum Gasteiger partial charge on any atom is -0.328 e. The van der Waals surface area contributed by atoms with Gasteiger partial charge in [0.25, 0.3) is 0 Å². The van der Waals surface area contributed by atoms with Crippen LogP contribution in [0.3, 0.4) is 0 Å². The van der Waals surface area contributed by atoms with Gasteiger partial charge >= 0.3 is 0 Å². The first-order valence-corrected chi connectivity index (χ1v) is 7.39. The summed E-state index contributed by atoms with van der Waals surface area (Å²) in [5.74, 6) is 1.80. The Kier molecular flexibility index (Phi) is 5.26. The summed E-state index contributed by atoms with van der Waals surface area (Å²) in [5.41, 5.74) is 5.93. The summed E-state index contributed by atoms with van der Waals surface area (Å²) in [4.78, 5) is 2.44. The van der Waals surface area contributed by atoms with E-state index in [0.717, 1.165) is 11.8 Å². The number of likely N-dealkylation sites (tertiary alicyclic amines) is 1. The zero-order chi connectivity index (χ0) is 12.1. The molecule has 0 aromatic carbocycles. The molecule has 0 spiro atoms. The maximum Gasteiger partial charge on any atom is 0.00390 e. The summed E-state index contributed by atoms with van der Waals surface area (Å²) in [7, 11) is 2.23. The van der Waals surface area contributed by atoms with Gasteiger partial charge in [-0.05, 0) is 83.6 Å². The predicted octanol–water partition coefficient (Wildman–Crippen LogP) is 1.44. The molecule has 1 heterocycles. The van der Waals surface area contributed by atoms with Crippen molar-refractivity contribution in [2.75, 3.05) is 33.2 Å². The van der Waals surface area contributed by atoms with E-state index >= 15 is 0 Å². The maximum absolute atomic E-state index is 5.93. The van der Waals surface area contributed by atoms with Crippen molar-refractivity contribution in [3.05, 3.63) is 0 Å². The second-order valence-electron chi connectivity index (χ2n) is 6.19. The summed E-state index contributed by atoms with van der Waals surface area (Å²) in [6.07, 6.45) is 7.89. The Morgan fingerprint density at radius 1 is 0.941 bits per heavy atom. The lowest BCUT2D eigenvalue weighted by Gasteiger charge is -2.30. The van der Waals surface area contributed by atoms with Crippen LogP contribution < -0.4 is 11.1 Å². The summed E-state index contributed by atoms with van der Waals surface area (Å²) in [5, 5.41) is 3.70. The smallest absolute Gasteiger partial charge is 0.00390 e. The van der Waals surface area contributed by atoms with Crippen LogP contribution in [0, 0.1) is 11.8 Å². The Labute approximate surface area is 106 Å². The number of nitrogens with zero attached hydrogens (tertiary/aromatic N) is 1. The number of hydrogen-bond donors (Lipinski definition) is 2. The summed E-state index contributed by atoms with van der Waals surface area (Å²) in [6.45, 7) is 5.02. The van der Waals surface area contributed by atoms with Crippen LogP contribution in [0.4, 0.5) is 0 Å². The molecule has 3 heteroatoms. The molecule has 0 unspecified atom stereocenters. The first-order chi connectivity index (χ1) is 8.24. The minimum absolute atomic E-state index is 0.486. The molecule has 0 radical (unpaired) electrons. The molecule has 2 fully saturated rings. The molecule has 0 aromatic rings. The standard InChI is InChI=1S/C14H29N3/c1-17-8-6-13(7-9-17)11-16-10-12-2-4-14(15)5-3-12/h12-14,16H,2-11,15H2,1H3. The summed E-state index contributed by atoms with van der Waals surface area (Å²) < 4.78 is 0. The third-order valence-corrected chi connectivity index (χ3v) is 4.60. The average Bonchev–Trinajstić information content (AvgIpc) is 2.34. The van der Waals surface area contributed by atoms with Crippen molar-refractivity contribution >= 4 is 0 Å². The number of piperidine rings is 1. The van der Waals surface area contributed by atoms with Crippen molar-refractivity contribution < 1.29 is 0 Å². The molecule has 1 aliphatic carbocycles. The topological polar surface area (TPSA) is 41.3 Å². The Hall–Kier alpha value is -0.120. The number of rotatable bonds is 4. The first-order valence-electron chi connectivity index (χ1n) is 7.39. The first kappa shape index (κ1) is 13.3. The van der Waals surface area contributed by atoms with E-state index in [1.165, 1.54) is 64.7 Å². The van der Waals surface area contributed by atoms with Gasteiger partial charge in [-0.1, -0.05) is 0 Å². The third kappa shape index (κ3) is 4.57. The van der Waals surface area contributed by atoms with Crippen LogP contribution in [0.25, 0.3) is 0 Å². The van der Waals surface area contributed by atoms with E-state index in [1.807, 2.05) is 0 Å². The Morgan fingerprint density at radius 3 is 2.06 bits per heavy atom. The van der Waals surface area contributed by atoms with Crippen molar-refractivity contribution in [2.45, 2.75) is 44.6 Å². The van der Waals surface area contributed by atoms with Crippen molar-refractivity contribution in [2.24, 2.45) is 17.6 Å². The molecule has 3 N–H and O–H groups in total. The van der Waals surface area contributed by atoms with E-state index in [-0.39, 0.29) is 0 Å². The van der Waals surface area contributed by atoms with Gasteiger partial charge < -0.3 is 16.0 Å². The molecule has 0 aromatic heterocycles. The fourth-order valence-corrected chi connectivity index (χ4v) is 3.15. The Morgan fingerprint density at radius 2 is 1.47 bits per heavy atom. The van der Waals surface area contributed by atoms with E-state index in [2.05, 4.69) is 17.3 Å². The van der Waals surface area contributed by atoms with Crippen molar-refractivity contribution in [1.82, 2.24) is 10.2 Å². The van der Waals surface area contributed by atoms with E-state index in [1.54, 1.807) is 0 Å². The molecule has 1 saturated heterocycles. The fourth-order valence-electron chi connectivity index (χ4n) is 3.15. The van der Waals surface area contributed by atoms with Gasteiger partial charge in [-0.25, -0.2) is 0 Å². The van der Waals surface area contributed by atoms with Crippen LogP contribution in [-0.2, 0) is 0 Å². The van der Waals surface area contributed by atoms with Crippen LogP contribution in [0.5, 0.6) is 0 Å². The summed E-state index contributed by atoms with van der Waals surface area (Å²) >= 11 is 0. The highest BCUT2D eigenvalue weighted by molar-refractivity contribution is 4.77. The Balaban J connectivity index is 1.54. The van der Waals surface area contributed by atoms with Gasteiger partial charge in [0.05, 0.1) is 0 Å². The van der Waals surface area contributed by atoms with Crippen LogP contribution in [-0.4, -0.2) is 44.2 Å². The van der Waals surface area contributed by atoms with Crippen molar-refractivity contribution in [1.29, 1.82) is 0 Å². The molecule has 2 rings (SSSR count). The molecule has 1 aliphatic heterocycles. The largest absolute Gasteiger partial charge is 0.328 e. The van der Waals surface area contributed by atoms with Crippen molar-refractivity contribution in [3.8, 4) is 0 Å². The lowest BCUT2D eigenvalue weighted by Crippen LogP contribution is -2.37. The highest BCUT2D eigenvalue weighted by Gasteiger charge is 2.19. The maximum atomic E-state index is 5.93. The Bertz CT molecular complexity index is 182. The second kappa shape index (κ2) is 6.72. The van der Waals surface area contributed by atoms with Gasteiger partial charge in [-0.15, -0.1) is 0 Å². The highest BCUT2D eigenvalue weighted by atomic mass is 15.1. The van der Waals surface area contributed by atoms with Gasteiger partial charge in [0, 0.05) is 6.04 Å². The van der Waals surface area contributed by atoms with Crippen LogP contribution >= 0.6 is 0 Å². The lowest BCUT2D eigenvalue weighted by atomic mass is 9.86. The molecule has 100 valence electrons. The van der Waals surface area contributed by atoms with E-state index in [9.17, 15) is 0 Å². The number of nitrogens with one attached hydrogen (secondary N) is 1. The average molecular weight is 239 g/mol. The van der Waals surface area contributed by atoms with Crippen LogP contribution in [0.1, 0.15) is 38.5 Å². The van der Waals surface area contributed by atoms with Gasteiger partial charge in [0.15, 0.2) is 0 Å². The van der Waals surface area contributed by atoms with E-state index in [4.69, 9.17) is 5.73 Å². The molecule has 0 amide bonds. The zero-order valence-corrected chi connectivity index (χ0v) is 11.3. The molecule has 3 nitrogen and oxygen atoms in total. The second-order valence-corrected chi connectivity index (χ2v) is 6.19. The third-order valence-electron chi connectivity index (χ3n) is 4.60. The molecule has 0 bridgehead atoms. The molecule has 17 heavy (non-hydrogen) atoms. The predicted molar refractivity (Wildman–Crippen MR) is 73.0 cm³/mol. The molecule has 0 atom stereocenters. The van der Waals surface area contributed by atoms with E-state index < -0.39 is 0 Å². The van der Waals surface area contributed by atoms with Crippen LogP contribution in [0.2, 0.25) is 0 Å². The quantitative estimate of drug-likeness (QED) is 0.780. The highest BCUT2D eigenvalue weighted by Crippen LogP contribution is 2.22. The summed E-state index contributed by atoms with van der Waals surface area (Å²) in [6, 6.07) is 0.486.